The first-order chi connectivity index (χ1) is 17.7. The third kappa shape index (κ3) is 7.55. The van der Waals surface area contributed by atoms with Gasteiger partial charge in [0.2, 0.25) is 0 Å². The largest absolute Gasteiger partial charge is 0.481 e. The molecule has 37 heavy (non-hydrogen) atoms. The normalized spacial score (nSPS) is 19.1. The van der Waals surface area contributed by atoms with Crippen molar-refractivity contribution < 1.29 is 37.7 Å². The minimum atomic E-state index is -2.96. The minimum Gasteiger partial charge on any atom is -0.481 e. The van der Waals surface area contributed by atoms with Crippen LogP contribution in [0.1, 0.15) is 43.2 Å². The number of hydrogen-bond donors (Lipinski definition) is 3. The predicted molar refractivity (Wildman–Crippen MR) is 131 cm³/mol. The highest BCUT2D eigenvalue weighted by molar-refractivity contribution is 5.99. The van der Waals surface area contributed by atoms with E-state index < -0.39 is 18.6 Å². The van der Waals surface area contributed by atoms with Crippen LogP contribution in [0.5, 0.6) is 5.75 Å². The quantitative estimate of drug-likeness (QED) is 0.449. The summed E-state index contributed by atoms with van der Waals surface area (Å²) in [6.07, 6.45) is 3.03. The molecule has 9 nitrogen and oxygen atoms in total. The fourth-order valence-electron chi connectivity index (χ4n) is 4.75. The molecule has 1 heterocycles. The summed E-state index contributed by atoms with van der Waals surface area (Å²) in [5, 5.41) is 14.2. The van der Waals surface area contributed by atoms with Gasteiger partial charge in [-0.15, -0.1) is 0 Å². The van der Waals surface area contributed by atoms with Gasteiger partial charge in [-0.05, 0) is 73.4 Å². The average Bonchev–Trinajstić information content (AvgIpc) is 2.84. The zero-order chi connectivity index (χ0) is 26.4. The molecule has 0 unspecified atom stereocenters. The molecule has 11 heteroatoms. The molecule has 2 aromatic carbocycles. The van der Waals surface area contributed by atoms with Gasteiger partial charge in [0.25, 0.3) is 0 Å². The highest BCUT2D eigenvalue weighted by atomic mass is 19.3. The van der Waals surface area contributed by atoms with Crippen LogP contribution in [0.15, 0.2) is 42.5 Å². The number of carbonyl (C=O) groups is 3. The monoisotopic (exact) mass is 517 g/mol. The molecule has 3 N–H and O–H groups in total. The summed E-state index contributed by atoms with van der Waals surface area (Å²) < 4.78 is 34.8. The topological polar surface area (TPSA) is 117 Å². The predicted octanol–water partition coefficient (Wildman–Crippen LogP) is 5.46. The van der Waals surface area contributed by atoms with Gasteiger partial charge < -0.3 is 30.1 Å². The first kappa shape index (κ1) is 26.2. The highest BCUT2D eigenvalue weighted by Gasteiger charge is 2.28. The van der Waals surface area contributed by atoms with E-state index in [2.05, 4.69) is 15.4 Å². The van der Waals surface area contributed by atoms with Crippen molar-refractivity contribution in [2.24, 2.45) is 5.92 Å². The molecule has 198 valence electrons. The number of halogens is 2. The van der Waals surface area contributed by atoms with Crippen LogP contribution in [0.4, 0.5) is 29.7 Å². The van der Waals surface area contributed by atoms with Gasteiger partial charge >= 0.3 is 24.7 Å². The molecule has 1 aliphatic carbocycles. The van der Waals surface area contributed by atoms with Crippen LogP contribution < -0.4 is 15.4 Å². The average molecular weight is 518 g/mol. The smallest absolute Gasteiger partial charge is 0.410 e. The SMILES string of the molecule is O=C(O)C[C@H]1CC[C@H](OC(=O)N2CCc3cc(NC(=O)Nc4cccc(OC(F)F)c4)ccc3C2)CC1. The van der Waals surface area contributed by atoms with Crippen molar-refractivity contribution in [1.29, 1.82) is 0 Å². The number of benzene rings is 2. The van der Waals surface area contributed by atoms with Gasteiger partial charge in [0, 0.05) is 37.0 Å². The number of nitrogens with zero attached hydrogens (tertiary/aromatic N) is 1. The lowest BCUT2D eigenvalue weighted by atomic mass is 9.85. The van der Waals surface area contributed by atoms with Gasteiger partial charge in [-0.2, -0.15) is 8.78 Å². The number of alkyl halides is 2. The second kappa shape index (κ2) is 11.9. The van der Waals surface area contributed by atoms with Crippen LogP contribution in [0, 0.1) is 5.92 Å². The summed E-state index contributed by atoms with van der Waals surface area (Å²) in [4.78, 5) is 37.6. The molecule has 0 aromatic heterocycles. The first-order valence-electron chi connectivity index (χ1n) is 12.2. The van der Waals surface area contributed by atoms with Gasteiger partial charge in [-0.3, -0.25) is 4.79 Å². The van der Waals surface area contributed by atoms with Crippen molar-refractivity contribution in [3.05, 3.63) is 53.6 Å². The van der Waals surface area contributed by atoms with Gasteiger partial charge in [-0.1, -0.05) is 12.1 Å². The molecule has 0 radical (unpaired) electrons. The Morgan fingerprint density at radius 1 is 1.00 bits per heavy atom. The van der Waals surface area contributed by atoms with Crippen molar-refractivity contribution in [3.63, 3.8) is 0 Å². The second-order valence-electron chi connectivity index (χ2n) is 9.26. The zero-order valence-corrected chi connectivity index (χ0v) is 20.1. The lowest BCUT2D eigenvalue weighted by Crippen LogP contribution is -2.39. The van der Waals surface area contributed by atoms with Crippen LogP contribution in [-0.4, -0.2) is 47.4 Å². The summed E-state index contributed by atoms with van der Waals surface area (Å²) in [7, 11) is 0. The van der Waals surface area contributed by atoms with Crippen LogP contribution >= 0.6 is 0 Å². The Kier molecular flexibility index (Phi) is 8.42. The van der Waals surface area contributed by atoms with Gasteiger partial charge in [-0.25, -0.2) is 9.59 Å². The van der Waals surface area contributed by atoms with E-state index in [1.54, 1.807) is 17.0 Å². The van der Waals surface area contributed by atoms with E-state index in [0.717, 1.165) is 24.0 Å². The third-order valence-electron chi connectivity index (χ3n) is 6.58. The minimum absolute atomic E-state index is 0.0597. The molecular weight excluding hydrogens is 488 g/mol. The number of fused-ring (bicyclic) bond motifs is 1. The van der Waals surface area contributed by atoms with E-state index in [4.69, 9.17) is 9.84 Å². The Labute approximate surface area is 212 Å². The number of carbonyl (C=O) groups excluding carboxylic acids is 2. The number of urea groups is 1. The van der Waals surface area contributed by atoms with E-state index >= 15 is 0 Å². The number of rotatable bonds is 7. The van der Waals surface area contributed by atoms with Gasteiger partial charge in [0.1, 0.15) is 11.9 Å². The Morgan fingerprint density at radius 2 is 1.73 bits per heavy atom. The van der Waals surface area contributed by atoms with Gasteiger partial charge in [0.15, 0.2) is 0 Å². The van der Waals surface area contributed by atoms with E-state index in [0.29, 0.717) is 43.7 Å². The number of carboxylic acids is 1. The van der Waals surface area contributed by atoms with E-state index in [1.165, 1.54) is 18.2 Å². The lowest BCUT2D eigenvalue weighted by Gasteiger charge is -2.32. The van der Waals surface area contributed by atoms with Crippen LogP contribution in [0.3, 0.4) is 0 Å². The van der Waals surface area contributed by atoms with E-state index in [9.17, 15) is 23.2 Å². The number of hydrogen-bond acceptors (Lipinski definition) is 5. The van der Waals surface area contributed by atoms with Crippen molar-refractivity contribution >= 4 is 29.5 Å². The van der Waals surface area contributed by atoms with Crippen molar-refractivity contribution in [1.82, 2.24) is 4.90 Å². The summed E-state index contributed by atoms with van der Waals surface area (Å²) in [6.45, 7) is -2.08. The van der Waals surface area contributed by atoms with Crippen molar-refractivity contribution in [2.45, 2.75) is 57.8 Å². The highest BCUT2D eigenvalue weighted by Crippen LogP contribution is 2.30. The van der Waals surface area contributed by atoms with Crippen molar-refractivity contribution in [2.75, 3.05) is 17.2 Å². The summed E-state index contributed by atoms with van der Waals surface area (Å²) in [6, 6.07) is 10.6. The maximum Gasteiger partial charge on any atom is 0.410 e. The zero-order valence-electron chi connectivity index (χ0n) is 20.1. The fraction of sp³-hybridized carbons (Fsp3) is 0.423. The number of amides is 3. The third-order valence-corrected chi connectivity index (χ3v) is 6.58. The van der Waals surface area contributed by atoms with E-state index in [-0.39, 0.29) is 30.3 Å². The maximum absolute atomic E-state index is 12.7. The fourth-order valence-corrected chi connectivity index (χ4v) is 4.75. The van der Waals surface area contributed by atoms with Gasteiger partial charge in [0.05, 0.1) is 0 Å². The molecular formula is C26H29F2N3O6. The second-order valence-corrected chi connectivity index (χ2v) is 9.26. The molecule has 2 aliphatic rings. The standard InChI is InChI=1S/C26H29F2N3O6/c27-24(28)36-22-3-1-2-19(14-22)29-25(34)30-20-7-6-18-15-31(11-10-17(18)13-20)26(35)37-21-8-4-16(5-9-21)12-23(32)33/h1-3,6-7,13-14,16,21,24H,4-5,8-12,15H2,(H,32,33)(H2,29,30,34)/t16-,21-. The number of carboxylic acid groups (broad SMARTS) is 1. The lowest BCUT2D eigenvalue weighted by molar-refractivity contribution is -0.138. The molecule has 1 aliphatic heterocycles. The number of anilines is 2. The molecule has 0 saturated heterocycles. The van der Waals surface area contributed by atoms with E-state index in [1.807, 2.05) is 12.1 Å². The molecule has 0 spiro atoms. The molecule has 2 aromatic rings. The molecule has 1 fully saturated rings. The van der Waals surface area contributed by atoms with Crippen LogP contribution in [0.25, 0.3) is 0 Å². The molecule has 4 rings (SSSR count). The number of aliphatic carboxylic acids is 1. The molecule has 0 bridgehead atoms. The molecule has 0 atom stereocenters. The number of nitrogens with one attached hydrogen (secondary N) is 2. The Hall–Kier alpha value is -3.89. The van der Waals surface area contributed by atoms with Crippen LogP contribution in [-0.2, 0) is 22.5 Å². The summed E-state index contributed by atoms with van der Waals surface area (Å²) >= 11 is 0. The Balaban J connectivity index is 1.27. The Bertz CT molecular complexity index is 1140. The number of ether oxygens (including phenoxy) is 2. The molecule has 3 amide bonds. The maximum atomic E-state index is 12.7. The van der Waals surface area contributed by atoms with Crippen molar-refractivity contribution in [3.8, 4) is 5.75 Å². The summed E-state index contributed by atoms with van der Waals surface area (Å²) in [5.41, 5.74) is 2.82. The van der Waals surface area contributed by atoms with Crippen LogP contribution in [0.2, 0.25) is 0 Å². The molecule has 1 saturated carbocycles. The summed E-state index contributed by atoms with van der Waals surface area (Å²) in [5.74, 6) is -0.710. The Morgan fingerprint density at radius 3 is 2.43 bits per heavy atom. The first-order valence-corrected chi connectivity index (χ1v) is 12.2.